The van der Waals surface area contributed by atoms with Gasteiger partial charge in [-0.1, -0.05) is 29.8 Å². The summed E-state index contributed by atoms with van der Waals surface area (Å²) in [5.41, 5.74) is 3.56. The summed E-state index contributed by atoms with van der Waals surface area (Å²) < 4.78 is 13.5. The highest BCUT2D eigenvalue weighted by Gasteiger charge is 2.06. The Hall–Kier alpha value is -2.20. The van der Waals surface area contributed by atoms with E-state index in [9.17, 15) is 9.18 Å². The number of nitrogens with one attached hydrogen (secondary N) is 1. The Labute approximate surface area is 121 Å². The molecule has 0 spiro atoms. The molecule has 102 valence electrons. The Bertz CT molecular complexity index is 653. The summed E-state index contributed by atoms with van der Waals surface area (Å²) >= 11 is 5.74. The molecule has 20 heavy (non-hydrogen) atoms. The summed E-state index contributed by atoms with van der Waals surface area (Å²) in [6.07, 6.45) is 0. The topological polar surface area (TPSA) is 41.5 Å². The zero-order valence-corrected chi connectivity index (χ0v) is 11.5. The lowest BCUT2D eigenvalue weighted by atomic mass is 10.1. The number of hydrogen-bond acceptors (Lipinski definition) is 2. The lowest BCUT2D eigenvalue weighted by Crippen LogP contribution is -2.19. The molecular formula is C15H12ClFN2O. The zero-order valence-electron chi connectivity index (χ0n) is 10.7. The molecule has 0 radical (unpaired) electrons. The van der Waals surface area contributed by atoms with Crippen LogP contribution in [0.1, 0.15) is 22.8 Å². The second-order valence-corrected chi connectivity index (χ2v) is 4.56. The number of carbonyl (C=O) groups is 1. The Morgan fingerprint density at radius 3 is 2.45 bits per heavy atom. The molecule has 3 nitrogen and oxygen atoms in total. The summed E-state index contributed by atoms with van der Waals surface area (Å²) in [4.78, 5) is 11.8. The van der Waals surface area contributed by atoms with E-state index in [2.05, 4.69) is 10.5 Å². The molecule has 2 rings (SSSR count). The van der Waals surface area contributed by atoms with Crippen molar-refractivity contribution in [3.05, 3.63) is 70.5 Å². The van der Waals surface area contributed by atoms with Crippen LogP contribution in [0, 0.1) is 5.82 Å². The molecular weight excluding hydrogens is 279 g/mol. The molecule has 0 atom stereocenters. The van der Waals surface area contributed by atoms with E-state index in [1.54, 1.807) is 49.4 Å². The molecule has 5 heteroatoms. The minimum atomic E-state index is -0.380. The number of halogens is 2. The molecule has 0 aliphatic carbocycles. The molecule has 0 heterocycles. The van der Waals surface area contributed by atoms with Crippen LogP contribution in [0.4, 0.5) is 4.39 Å². The van der Waals surface area contributed by atoms with Crippen molar-refractivity contribution >= 4 is 23.2 Å². The van der Waals surface area contributed by atoms with Crippen molar-refractivity contribution in [1.82, 2.24) is 5.43 Å². The molecule has 0 saturated carbocycles. The van der Waals surface area contributed by atoms with Crippen LogP contribution in [0.3, 0.4) is 0 Å². The summed E-state index contributed by atoms with van der Waals surface area (Å²) in [5.74, 6) is -0.758. The van der Waals surface area contributed by atoms with Crippen molar-refractivity contribution in [1.29, 1.82) is 0 Å². The monoisotopic (exact) mass is 290 g/mol. The second-order valence-electron chi connectivity index (χ2n) is 4.12. The summed E-state index contributed by atoms with van der Waals surface area (Å²) in [6, 6.07) is 12.7. The van der Waals surface area contributed by atoms with Gasteiger partial charge in [0.2, 0.25) is 0 Å². The number of amides is 1. The SMILES string of the molecule is C/C(=N/NC(=O)c1ccc(Cl)cc1)c1ccccc1F. The average molecular weight is 291 g/mol. The van der Waals surface area contributed by atoms with Crippen molar-refractivity contribution in [2.45, 2.75) is 6.92 Å². The molecule has 0 unspecified atom stereocenters. The van der Waals surface area contributed by atoms with Gasteiger partial charge in [0.25, 0.3) is 5.91 Å². The van der Waals surface area contributed by atoms with Gasteiger partial charge in [-0.2, -0.15) is 5.10 Å². The predicted molar refractivity (Wildman–Crippen MR) is 77.5 cm³/mol. The average Bonchev–Trinajstić information content (AvgIpc) is 2.45. The van der Waals surface area contributed by atoms with Gasteiger partial charge in [0.05, 0.1) is 5.71 Å². The predicted octanol–water partition coefficient (Wildman–Crippen LogP) is 3.63. The molecule has 1 amide bonds. The third-order valence-corrected chi connectivity index (χ3v) is 2.95. The van der Waals surface area contributed by atoms with Gasteiger partial charge in [0.15, 0.2) is 0 Å². The maximum atomic E-state index is 13.5. The Morgan fingerprint density at radius 2 is 1.80 bits per heavy atom. The lowest BCUT2D eigenvalue weighted by Gasteiger charge is -2.04. The minimum absolute atomic E-state index is 0.351. The van der Waals surface area contributed by atoms with Crippen LogP contribution in [0.25, 0.3) is 0 Å². The van der Waals surface area contributed by atoms with E-state index in [0.717, 1.165) is 0 Å². The van der Waals surface area contributed by atoms with Gasteiger partial charge in [-0.05, 0) is 37.3 Å². The number of hydrazone groups is 1. The Balaban J connectivity index is 2.11. The first-order valence-corrected chi connectivity index (χ1v) is 6.31. The molecule has 0 aliphatic heterocycles. The van der Waals surface area contributed by atoms with Gasteiger partial charge in [0, 0.05) is 16.1 Å². The van der Waals surface area contributed by atoms with E-state index in [1.807, 2.05) is 0 Å². The molecule has 0 bridgehead atoms. The van der Waals surface area contributed by atoms with Crippen LogP contribution in [-0.2, 0) is 0 Å². The lowest BCUT2D eigenvalue weighted by molar-refractivity contribution is 0.0955. The fourth-order valence-electron chi connectivity index (χ4n) is 1.62. The zero-order chi connectivity index (χ0) is 14.5. The van der Waals surface area contributed by atoms with Crippen LogP contribution < -0.4 is 5.43 Å². The van der Waals surface area contributed by atoms with Crippen LogP contribution in [0.2, 0.25) is 5.02 Å². The molecule has 0 aromatic heterocycles. The summed E-state index contributed by atoms with van der Waals surface area (Å²) in [5, 5.41) is 4.45. The van der Waals surface area contributed by atoms with Crippen molar-refractivity contribution in [3.63, 3.8) is 0 Å². The number of hydrogen-bond donors (Lipinski definition) is 1. The highest BCUT2D eigenvalue weighted by molar-refractivity contribution is 6.30. The number of benzene rings is 2. The fourth-order valence-corrected chi connectivity index (χ4v) is 1.74. The van der Waals surface area contributed by atoms with Crippen LogP contribution >= 0.6 is 11.6 Å². The third-order valence-electron chi connectivity index (χ3n) is 2.70. The highest BCUT2D eigenvalue weighted by Crippen LogP contribution is 2.10. The van der Waals surface area contributed by atoms with E-state index in [0.29, 0.717) is 21.9 Å². The normalized spacial score (nSPS) is 11.2. The van der Waals surface area contributed by atoms with Crippen LogP contribution in [0.5, 0.6) is 0 Å². The fraction of sp³-hybridized carbons (Fsp3) is 0.0667. The largest absolute Gasteiger partial charge is 0.271 e. The quantitative estimate of drug-likeness (QED) is 0.680. The smallest absolute Gasteiger partial charge is 0.267 e. The summed E-state index contributed by atoms with van der Waals surface area (Å²) in [6.45, 7) is 1.63. The van der Waals surface area contributed by atoms with Crippen molar-refractivity contribution in [2.75, 3.05) is 0 Å². The summed E-state index contributed by atoms with van der Waals surface area (Å²) in [7, 11) is 0. The van der Waals surface area contributed by atoms with Crippen molar-refractivity contribution < 1.29 is 9.18 Å². The first-order valence-electron chi connectivity index (χ1n) is 5.93. The number of carbonyl (C=O) groups excluding carboxylic acids is 1. The first kappa shape index (κ1) is 14.2. The Morgan fingerprint density at radius 1 is 1.15 bits per heavy atom. The van der Waals surface area contributed by atoms with E-state index >= 15 is 0 Å². The maximum absolute atomic E-state index is 13.5. The number of nitrogens with zero attached hydrogens (tertiary/aromatic N) is 1. The van der Waals surface area contributed by atoms with Gasteiger partial charge >= 0.3 is 0 Å². The van der Waals surface area contributed by atoms with Gasteiger partial charge in [-0.3, -0.25) is 4.79 Å². The minimum Gasteiger partial charge on any atom is -0.267 e. The second kappa shape index (κ2) is 6.30. The van der Waals surface area contributed by atoms with E-state index in [1.165, 1.54) is 6.07 Å². The van der Waals surface area contributed by atoms with Crippen molar-refractivity contribution in [3.8, 4) is 0 Å². The third kappa shape index (κ3) is 3.42. The molecule has 0 fully saturated rings. The molecule has 0 saturated heterocycles. The van der Waals surface area contributed by atoms with E-state index < -0.39 is 0 Å². The van der Waals surface area contributed by atoms with Gasteiger partial charge in [-0.15, -0.1) is 0 Å². The van der Waals surface area contributed by atoms with Crippen LogP contribution in [0.15, 0.2) is 53.6 Å². The molecule has 2 aromatic rings. The van der Waals surface area contributed by atoms with Gasteiger partial charge in [0.1, 0.15) is 5.82 Å². The molecule has 1 N–H and O–H groups in total. The molecule has 0 aliphatic rings. The van der Waals surface area contributed by atoms with E-state index in [4.69, 9.17) is 11.6 Å². The van der Waals surface area contributed by atoms with Crippen molar-refractivity contribution in [2.24, 2.45) is 5.10 Å². The Kier molecular flexibility index (Phi) is 4.48. The molecule has 2 aromatic carbocycles. The standard InChI is InChI=1S/C15H12ClFN2O/c1-10(13-4-2-3-5-14(13)17)18-19-15(20)11-6-8-12(16)9-7-11/h2-9H,1H3,(H,19,20)/b18-10-. The highest BCUT2D eigenvalue weighted by atomic mass is 35.5. The van der Waals surface area contributed by atoms with Crippen LogP contribution in [-0.4, -0.2) is 11.6 Å². The van der Waals surface area contributed by atoms with Gasteiger partial charge < -0.3 is 0 Å². The first-order chi connectivity index (χ1) is 9.58. The van der Waals surface area contributed by atoms with Gasteiger partial charge in [-0.25, -0.2) is 9.82 Å². The van der Waals surface area contributed by atoms with E-state index in [-0.39, 0.29) is 11.7 Å². The number of rotatable bonds is 3. The maximum Gasteiger partial charge on any atom is 0.271 e.